The minimum absolute atomic E-state index is 0.103. The molecule has 106 valence electrons. The molecule has 2 heterocycles. The Labute approximate surface area is 125 Å². The van der Waals surface area contributed by atoms with Crippen molar-refractivity contribution in [3.05, 3.63) is 48.0 Å². The Kier molecular flexibility index (Phi) is 3.57. The number of carbonyl (C=O) groups excluding carboxylic acids is 1. The standard InChI is InChI=1S/C14H13N5OS/c1-9-7-8-15-14-17-12(18-19(9)14)13(20)16-10-3-5-11(21-2)6-4-10/h3-8H,1-2H3,(H,16,20). The van der Waals surface area contributed by atoms with E-state index in [0.717, 1.165) is 10.6 Å². The lowest BCUT2D eigenvalue weighted by molar-refractivity contribution is 0.101. The van der Waals surface area contributed by atoms with Gasteiger partial charge < -0.3 is 5.32 Å². The molecule has 7 heteroatoms. The molecule has 3 rings (SSSR count). The number of anilines is 1. The predicted octanol–water partition coefficient (Wildman–Crippen LogP) is 2.41. The number of benzene rings is 1. The van der Waals surface area contributed by atoms with Crippen molar-refractivity contribution < 1.29 is 4.79 Å². The number of amides is 1. The quantitative estimate of drug-likeness (QED) is 0.752. The summed E-state index contributed by atoms with van der Waals surface area (Å²) in [5, 5.41) is 6.94. The van der Waals surface area contributed by atoms with E-state index in [1.54, 1.807) is 22.5 Å². The molecule has 0 bridgehead atoms. The van der Waals surface area contributed by atoms with E-state index in [1.165, 1.54) is 0 Å². The van der Waals surface area contributed by atoms with Crippen LogP contribution in [-0.4, -0.2) is 31.7 Å². The van der Waals surface area contributed by atoms with E-state index in [2.05, 4.69) is 20.4 Å². The summed E-state index contributed by atoms with van der Waals surface area (Å²) < 4.78 is 1.55. The molecule has 1 aromatic carbocycles. The largest absolute Gasteiger partial charge is 0.319 e. The third kappa shape index (κ3) is 2.73. The van der Waals surface area contributed by atoms with Gasteiger partial charge in [-0.2, -0.15) is 4.98 Å². The molecule has 0 spiro atoms. The third-order valence-electron chi connectivity index (χ3n) is 2.98. The smallest absolute Gasteiger partial charge is 0.295 e. The van der Waals surface area contributed by atoms with Gasteiger partial charge in [0.1, 0.15) is 0 Å². The van der Waals surface area contributed by atoms with Gasteiger partial charge in [0.15, 0.2) is 0 Å². The van der Waals surface area contributed by atoms with Crippen molar-refractivity contribution in [2.24, 2.45) is 0 Å². The molecule has 0 atom stereocenters. The lowest BCUT2D eigenvalue weighted by atomic mass is 10.3. The monoisotopic (exact) mass is 299 g/mol. The van der Waals surface area contributed by atoms with Gasteiger partial charge in [-0.1, -0.05) is 0 Å². The molecule has 0 unspecified atom stereocenters. The van der Waals surface area contributed by atoms with Crippen molar-refractivity contribution in [3.63, 3.8) is 0 Å². The lowest BCUT2D eigenvalue weighted by Crippen LogP contribution is -2.14. The Balaban J connectivity index is 1.84. The van der Waals surface area contributed by atoms with Crippen molar-refractivity contribution in [3.8, 4) is 0 Å². The first-order valence-electron chi connectivity index (χ1n) is 6.31. The minimum Gasteiger partial charge on any atom is -0.319 e. The average molecular weight is 299 g/mol. The summed E-state index contributed by atoms with van der Waals surface area (Å²) in [6.45, 7) is 1.88. The number of rotatable bonds is 3. The number of nitrogens with one attached hydrogen (secondary N) is 1. The molecule has 0 aliphatic rings. The van der Waals surface area contributed by atoms with Crippen LogP contribution in [0, 0.1) is 6.92 Å². The first kappa shape index (κ1) is 13.6. The molecule has 0 saturated carbocycles. The van der Waals surface area contributed by atoms with E-state index >= 15 is 0 Å². The Bertz CT molecular complexity index is 797. The first-order chi connectivity index (χ1) is 10.2. The van der Waals surface area contributed by atoms with Crippen LogP contribution in [0.2, 0.25) is 0 Å². The molecular formula is C14H13N5OS. The number of aryl methyl sites for hydroxylation is 1. The average Bonchev–Trinajstić information content (AvgIpc) is 2.94. The third-order valence-corrected chi connectivity index (χ3v) is 3.72. The number of carbonyl (C=O) groups is 1. The highest BCUT2D eigenvalue weighted by atomic mass is 32.2. The van der Waals surface area contributed by atoms with E-state index in [9.17, 15) is 4.79 Å². The number of thioether (sulfide) groups is 1. The fourth-order valence-corrected chi connectivity index (χ4v) is 2.27. The molecule has 0 aliphatic carbocycles. The summed E-state index contributed by atoms with van der Waals surface area (Å²) in [4.78, 5) is 21.5. The minimum atomic E-state index is -0.350. The van der Waals surface area contributed by atoms with Crippen LogP contribution < -0.4 is 5.32 Å². The summed E-state index contributed by atoms with van der Waals surface area (Å²) in [6, 6.07) is 9.41. The van der Waals surface area contributed by atoms with Gasteiger partial charge in [0.2, 0.25) is 5.82 Å². The summed E-state index contributed by atoms with van der Waals surface area (Å²) >= 11 is 1.65. The Morgan fingerprint density at radius 1 is 1.24 bits per heavy atom. The highest BCUT2D eigenvalue weighted by Crippen LogP contribution is 2.17. The first-order valence-corrected chi connectivity index (χ1v) is 7.53. The summed E-state index contributed by atoms with van der Waals surface area (Å²) in [5.74, 6) is 0.167. The van der Waals surface area contributed by atoms with Gasteiger partial charge in [-0.3, -0.25) is 4.79 Å². The zero-order valence-electron chi connectivity index (χ0n) is 11.6. The van der Waals surface area contributed by atoms with Crippen LogP contribution in [0.25, 0.3) is 5.78 Å². The number of hydrogen-bond donors (Lipinski definition) is 1. The molecule has 0 fully saturated rings. The van der Waals surface area contributed by atoms with Crippen molar-refractivity contribution in [1.82, 2.24) is 19.6 Å². The second-order valence-electron chi connectivity index (χ2n) is 4.42. The lowest BCUT2D eigenvalue weighted by Gasteiger charge is -2.03. The molecular weight excluding hydrogens is 286 g/mol. The van der Waals surface area contributed by atoms with E-state index in [4.69, 9.17) is 0 Å². The molecule has 1 N–H and O–H groups in total. The second kappa shape index (κ2) is 5.53. The van der Waals surface area contributed by atoms with Gasteiger partial charge in [-0.05, 0) is 43.5 Å². The highest BCUT2D eigenvalue weighted by Gasteiger charge is 2.14. The van der Waals surface area contributed by atoms with Gasteiger partial charge >= 0.3 is 0 Å². The predicted molar refractivity (Wildman–Crippen MR) is 81.7 cm³/mol. The summed E-state index contributed by atoms with van der Waals surface area (Å²) in [6.07, 6.45) is 3.64. The molecule has 21 heavy (non-hydrogen) atoms. The zero-order chi connectivity index (χ0) is 14.8. The van der Waals surface area contributed by atoms with E-state index < -0.39 is 0 Å². The summed E-state index contributed by atoms with van der Waals surface area (Å²) in [5.41, 5.74) is 1.58. The van der Waals surface area contributed by atoms with E-state index in [-0.39, 0.29) is 11.7 Å². The Morgan fingerprint density at radius 2 is 2.00 bits per heavy atom. The van der Waals surface area contributed by atoms with Crippen LogP contribution in [0.15, 0.2) is 41.4 Å². The fraction of sp³-hybridized carbons (Fsp3) is 0.143. The van der Waals surface area contributed by atoms with Crippen molar-refractivity contribution in [2.45, 2.75) is 11.8 Å². The SMILES string of the molecule is CSc1ccc(NC(=O)c2nc3nccc(C)n3n2)cc1. The Hall–Kier alpha value is -2.41. The molecule has 0 aliphatic heterocycles. The van der Waals surface area contributed by atoms with E-state index in [1.807, 2.05) is 43.5 Å². The number of aromatic nitrogens is 4. The molecule has 0 radical (unpaired) electrons. The number of hydrogen-bond acceptors (Lipinski definition) is 5. The van der Waals surface area contributed by atoms with Crippen LogP contribution in [0.5, 0.6) is 0 Å². The maximum atomic E-state index is 12.2. The molecule has 0 saturated heterocycles. The van der Waals surface area contributed by atoms with Gasteiger partial charge in [-0.25, -0.2) is 9.50 Å². The summed E-state index contributed by atoms with van der Waals surface area (Å²) in [7, 11) is 0. The van der Waals surface area contributed by atoms with Crippen LogP contribution in [0.4, 0.5) is 5.69 Å². The van der Waals surface area contributed by atoms with Crippen molar-refractivity contribution in [2.75, 3.05) is 11.6 Å². The Morgan fingerprint density at radius 3 is 2.67 bits per heavy atom. The van der Waals surface area contributed by atoms with Gasteiger partial charge in [-0.15, -0.1) is 16.9 Å². The van der Waals surface area contributed by atoms with Crippen LogP contribution in [0.1, 0.15) is 16.3 Å². The van der Waals surface area contributed by atoms with E-state index in [0.29, 0.717) is 11.5 Å². The van der Waals surface area contributed by atoms with Crippen LogP contribution in [-0.2, 0) is 0 Å². The highest BCUT2D eigenvalue weighted by molar-refractivity contribution is 7.98. The van der Waals surface area contributed by atoms with Gasteiger partial charge in [0.05, 0.1) is 0 Å². The molecule has 1 amide bonds. The second-order valence-corrected chi connectivity index (χ2v) is 5.30. The molecule has 3 aromatic rings. The van der Waals surface area contributed by atoms with Crippen LogP contribution >= 0.6 is 11.8 Å². The number of fused-ring (bicyclic) bond motifs is 1. The fourth-order valence-electron chi connectivity index (χ4n) is 1.86. The van der Waals surface area contributed by atoms with Gasteiger partial charge in [0, 0.05) is 22.5 Å². The zero-order valence-corrected chi connectivity index (χ0v) is 12.4. The van der Waals surface area contributed by atoms with Gasteiger partial charge in [0.25, 0.3) is 11.7 Å². The topological polar surface area (TPSA) is 72.2 Å². The van der Waals surface area contributed by atoms with Crippen molar-refractivity contribution in [1.29, 1.82) is 0 Å². The maximum absolute atomic E-state index is 12.2. The maximum Gasteiger partial charge on any atom is 0.295 e. The van der Waals surface area contributed by atoms with Crippen molar-refractivity contribution >= 4 is 29.1 Å². The molecule has 6 nitrogen and oxygen atoms in total. The molecule has 2 aromatic heterocycles. The number of nitrogens with zero attached hydrogens (tertiary/aromatic N) is 4. The van der Waals surface area contributed by atoms with Crippen LogP contribution in [0.3, 0.4) is 0 Å². The normalized spacial score (nSPS) is 10.8.